The van der Waals surface area contributed by atoms with E-state index < -0.39 is 15.4 Å². The minimum absolute atomic E-state index is 0.000360. The quantitative estimate of drug-likeness (QED) is 0.162. The second-order valence-corrected chi connectivity index (χ2v) is 13.8. The van der Waals surface area contributed by atoms with Crippen molar-refractivity contribution < 1.29 is 27.4 Å². The number of hydrogen-bond acceptors (Lipinski definition) is 12. The van der Waals surface area contributed by atoms with E-state index in [1.165, 1.54) is 0 Å². The third kappa shape index (κ3) is 9.13. The first-order valence-corrected chi connectivity index (χ1v) is 17.3. The molecule has 0 bridgehead atoms. The van der Waals surface area contributed by atoms with Crippen molar-refractivity contribution in [3.05, 3.63) is 53.6 Å². The van der Waals surface area contributed by atoms with Gasteiger partial charge in [0.1, 0.15) is 12.4 Å². The van der Waals surface area contributed by atoms with Crippen LogP contribution < -0.4 is 16.0 Å². The number of terminal acetylenes is 1. The number of ether oxygens (including phenoxy) is 4. The van der Waals surface area contributed by atoms with E-state index in [9.17, 15) is 8.42 Å². The van der Waals surface area contributed by atoms with Crippen LogP contribution in [0.1, 0.15) is 11.1 Å². The number of anilines is 2. The molecule has 46 heavy (non-hydrogen) atoms. The van der Waals surface area contributed by atoms with Crippen molar-refractivity contribution in [3.8, 4) is 12.3 Å². The maximum atomic E-state index is 12.9. The molecule has 0 atom stereocenters. The molecule has 2 aliphatic rings. The van der Waals surface area contributed by atoms with Gasteiger partial charge in [-0.15, -0.1) is 6.42 Å². The van der Waals surface area contributed by atoms with Crippen LogP contribution in [0.4, 0.5) is 11.8 Å². The van der Waals surface area contributed by atoms with Gasteiger partial charge in [0.25, 0.3) is 0 Å². The van der Waals surface area contributed by atoms with E-state index in [1.54, 1.807) is 12.1 Å². The lowest BCUT2D eigenvalue weighted by atomic mass is 9.91. The van der Waals surface area contributed by atoms with Gasteiger partial charge < -0.3 is 34.9 Å². The summed E-state index contributed by atoms with van der Waals surface area (Å²) in [6.07, 6.45) is 5.12. The maximum absolute atomic E-state index is 12.9. The van der Waals surface area contributed by atoms with Gasteiger partial charge in [0.15, 0.2) is 9.84 Å². The Kier molecular flexibility index (Phi) is 11.8. The lowest BCUT2D eigenvalue weighted by Gasteiger charge is -2.47. The Morgan fingerprint density at radius 1 is 0.978 bits per heavy atom. The highest BCUT2D eigenvalue weighted by atomic mass is 32.2. The average molecular weight is 653 g/mol. The zero-order chi connectivity index (χ0) is 32.4. The van der Waals surface area contributed by atoms with Gasteiger partial charge in [-0.25, -0.2) is 13.4 Å². The van der Waals surface area contributed by atoms with Gasteiger partial charge in [-0.1, -0.05) is 35.7 Å². The maximum Gasteiger partial charge on any atom is 0.228 e. The molecule has 248 valence electrons. The van der Waals surface area contributed by atoms with Gasteiger partial charge in [-0.2, -0.15) is 4.98 Å². The van der Waals surface area contributed by atoms with Crippen LogP contribution >= 0.6 is 0 Å². The molecule has 3 aromatic rings. The number of likely N-dealkylation sites (tertiary alicyclic amines) is 1. The Hall–Kier alpha value is -3.35. The Morgan fingerprint density at radius 3 is 2.41 bits per heavy atom. The van der Waals surface area contributed by atoms with Crippen LogP contribution in [-0.2, 0) is 35.3 Å². The van der Waals surface area contributed by atoms with E-state index in [4.69, 9.17) is 41.1 Å². The van der Waals surface area contributed by atoms with E-state index in [1.807, 2.05) is 36.1 Å². The van der Waals surface area contributed by atoms with Crippen molar-refractivity contribution in [2.24, 2.45) is 5.73 Å². The van der Waals surface area contributed by atoms with Crippen LogP contribution in [0.25, 0.3) is 10.9 Å². The molecule has 0 saturated carbocycles. The molecular formula is C33H44N6O6S. The summed E-state index contributed by atoms with van der Waals surface area (Å²) in [5, 5.41) is 4.41. The lowest BCUT2D eigenvalue weighted by Crippen LogP contribution is -2.70. The smallest absolute Gasteiger partial charge is 0.228 e. The van der Waals surface area contributed by atoms with E-state index in [0.717, 1.165) is 41.7 Å². The molecule has 1 saturated heterocycles. The standard InChI is InChI=1S/C33H44N6O6S/c1-3-12-42-14-16-44-18-19-45-17-15-43-13-10-38-24-33(34,25-38)23-35-31-28-21-26(2)8-9-29(28)36-32(37-31)39-11-20-46(40,41)30-7-5-4-6-27(30)22-39/h1,4-9,21H,10-20,22-25,34H2,2H3,(H,35,36,37). The van der Waals surface area contributed by atoms with E-state index in [-0.39, 0.29) is 5.75 Å². The van der Waals surface area contributed by atoms with Gasteiger partial charge in [0.2, 0.25) is 5.95 Å². The highest BCUT2D eigenvalue weighted by Crippen LogP contribution is 2.29. The highest BCUT2D eigenvalue weighted by molar-refractivity contribution is 7.91. The number of aryl methyl sites for hydroxylation is 1. The zero-order valence-corrected chi connectivity index (χ0v) is 27.3. The molecule has 3 N–H and O–H groups in total. The number of hydrogen-bond donors (Lipinski definition) is 2. The number of nitrogens with two attached hydrogens (primary N) is 1. The second-order valence-electron chi connectivity index (χ2n) is 11.8. The van der Waals surface area contributed by atoms with E-state index >= 15 is 0 Å². The van der Waals surface area contributed by atoms with E-state index in [2.05, 4.69) is 22.2 Å². The predicted octanol–water partition coefficient (Wildman–Crippen LogP) is 1.86. The molecule has 0 amide bonds. The van der Waals surface area contributed by atoms with Crippen LogP contribution in [0.5, 0.6) is 0 Å². The van der Waals surface area contributed by atoms with Crippen LogP contribution in [0.3, 0.4) is 0 Å². The third-order valence-corrected chi connectivity index (χ3v) is 9.75. The molecule has 13 heteroatoms. The van der Waals surface area contributed by atoms with Crippen LogP contribution in [-0.4, -0.2) is 120 Å². The first kappa shape index (κ1) is 34.0. The molecule has 1 fully saturated rings. The SMILES string of the molecule is C#CCOCCOCCOCCOCCN1CC(N)(CNc2nc(N3CCS(=O)(=O)c4ccccc4C3)nc3ccc(C)cc23)C1. The minimum atomic E-state index is -3.39. The highest BCUT2D eigenvalue weighted by Gasteiger charge is 2.39. The van der Waals surface area contributed by atoms with Crippen molar-refractivity contribution in [2.45, 2.75) is 23.9 Å². The number of rotatable bonds is 17. The molecule has 12 nitrogen and oxygen atoms in total. The Labute approximate surface area is 271 Å². The topological polar surface area (TPSA) is 141 Å². The summed E-state index contributed by atoms with van der Waals surface area (Å²) in [6, 6.07) is 13.2. The van der Waals surface area contributed by atoms with Gasteiger partial charge in [-0.05, 0) is 30.7 Å². The van der Waals surface area contributed by atoms with Gasteiger partial charge in [-0.3, -0.25) is 4.90 Å². The van der Waals surface area contributed by atoms with Crippen LogP contribution in [0.2, 0.25) is 0 Å². The average Bonchev–Trinajstić information content (AvgIpc) is 3.16. The van der Waals surface area contributed by atoms with Gasteiger partial charge >= 0.3 is 0 Å². The fraction of sp³-hybridized carbons (Fsp3) is 0.515. The van der Waals surface area contributed by atoms with Crippen molar-refractivity contribution >= 4 is 32.5 Å². The van der Waals surface area contributed by atoms with Crippen molar-refractivity contribution in [3.63, 3.8) is 0 Å². The molecule has 2 aromatic carbocycles. The monoisotopic (exact) mass is 652 g/mol. The number of nitrogens with one attached hydrogen (secondary N) is 1. The van der Waals surface area contributed by atoms with Crippen LogP contribution in [0, 0.1) is 19.3 Å². The normalized spacial score (nSPS) is 17.2. The first-order chi connectivity index (χ1) is 22.3. The minimum Gasteiger partial charge on any atom is -0.378 e. The molecule has 0 radical (unpaired) electrons. The summed E-state index contributed by atoms with van der Waals surface area (Å²) in [6.45, 7) is 9.45. The Balaban J connectivity index is 1.08. The Bertz CT molecular complexity index is 1610. The molecule has 0 spiro atoms. The predicted molar refractivity (Wildman–Crippen MR) is 178 cm³/mol. The first-order valence-electron chi connectivity index (χ1n) is 15.6. The van der Waals surface area contributed by atoms with E-state index in [0.29, 0.717) is 89.2 Å². The number of aromatic nitrogens is 2. The fourth-order valence-electron chi connectivity index (χ4n) is 5.60. The molecular weight excluding hydrogens is 608 g/mol. The van der Waals surface area contributed by atoms with Crippen molar-refractivity contribution in [1.82, 2.24) is 14.9 Å². The molecule has 1 aromatic heterocycles. The summed E-state index contributed by atoms with van der Waals surface area (Å²) in [5.41, 5.74) is 8.95. The molecule has 2 aliphatic heterocycles. The number of nitrogens with zero attached hydrogens (tertiary/aromatic N) is 4. The molecule has 0 unspecified atom stereocenters. The molecule has 0 aliphatic carbocycles. The Morgan fingerprint density at radius 2 is 1.67 bits per heavy atom. The lowest BCUT2D eigenvalue weighted by molar-refractivity contribution is -0.00811. The number of sulfone groups is 1. The summed E-state index contributed by atoms with van der Waals surface area (Å²) in [4.78, 5) is 14.3. The van der Waals surface area contributed by atoms with Crippen LogP contribution in [0.15, 0.2) is 47.4 Å². The summed E-state index contributed by atoms with van der Waals surface area (Å²) < 4.78 is 47.6. The zero-order valence-electron chi connectivity index (χ0n) is 26.4. The third-order valence-electron chi connectivity index (χ3n) is 7.96. The van der Waals surface area contributed by atoms with Gasteiger partial charge in [0.05, 0.1) is 68.0 Å². The van der Waals surface area contributed by atoms with Gasteiger partial charge in [0, 0.05) is 44.7 Å². The number of fused-ring (bicyclic) bond motifs is 2. The number of benzene rings is 2. The molecule has 5 rings (SSSR count). The second kappa shape index (κ2) is 16.0. The van der Waals surface area contributed by atoms with Crippen molar-refractivity contribution in [1.29, 1.82) is 0 Å². The largest absolute Gasteiger partial charge is 0.378 e. The molecule has 3 heterocycles. The summed E-state index contributed by atoms with van der Waals surface area (Å²) >= 11 is 0. The summed E-state index contributed by atoms with van der Waals surface area (Å²) in [7, 11) is -3.39. The fourth-order valence-corrected chi connectivity index (χ4v) is 7.10. The summed E-state index contributed by atoms with van der Waals surface area (Å²) in [5.74, 6) is 3.59. The van der Waals surface area contributed by atoms with Crippen molar-refractivity contribution in [2.75, 3.05) is 102 Å².